The molecule has 0 aliphatic carbocycles. The van der Waals surface area contributed by atoms with E-state index in [1.165, 1.54) is 0 Å². The highest BCUT2D eigenvalue weighted by molar-refractivity contribution is 5.81. The van der Waals surface area contributed by atoms with Gasteiger partial charge in [-0.15, -0.1) is 0 Å². The smallest absolute Gasteiger partial charge is 0.312 e. The van der Waals surface area contributed by atoms with Crippen LogP contribution in [-0.2, 0) is 20.7 Å². The first-order valence-corrected chi connectivity index (χ1v) is 9.77. The van der Waals surface area contributed by atoms with Gasteiger partial charge < -0.3 is 19.3 Å². The molecule has 0 bridgehead atoms. The molecule has 6 heteroatoms. The van der Waals surface area contributed by atoms with Gasteiger partial charge >= 0.3 is 5.97 Å². The molecule has 27 heavy (non-hydrogen) atoms. The fourth-order valence-corrected chi connectivity index (χ4v) is 4.10. The Kier molecular flexibility index (Phi) is 6.05. The van der Waals surface area contributed by atoms with Crippen LogP contribution in [0.4, 0.5) is 0 Å². The van der Waals surface area contributed by atoms with Crippen LogP contribution in [0.2, 0.25) is 0 Å². The van der Waals surface area contributed by atoms with Crippen molar-refractivity contribution in [3.63, 3.8) is 0 Å². The summed E-state index contributed by atoms with van der Waals surface area (Å²) in [4.78, 5) is 29.0. The number of rotatable bonds is 6. The van der Waals surface area contributed by atoms with Crippen LogP contribution in [0.3, 0.4) is 0 Å². The second-order valence-electron chi connectivity index (χ2n) is 7.91. The van der Waals surface area contributed by atoms with Crippen molar-refractivity contribution in [3.8, 4) is 5.75 Å². The monoisotopic (exact) mass is 374 g/mol. The van der Waals surface area contributed by atoms with E-state index >= 15 is 0 Å². The number of benzene rings is 1. The van der Waals surface area contributed by atoms with E-state index < -0.39 is 5.41 Å². The minimum atomic E-state index is -0.392. The molecule has 2 aliphatic heterocycles. The highest BCUT2D eigenvalue weighted by Crippen LogP contribution is 2.43. The number of nitrogens with zero attached hydrogens (tertiary/aromatic N) is 2. The lowest BCUT2D eigenvalue weighted by molar-refractivity contribution is -0.152. The zero-order valence-corrected chi connectivity index (χ0v) is 16.6. The van der Waals surface area contributed by atoms with E-state index in [0.29, 0.717) is 39.0 Å². The minimum Gasteiger partial charge on any atom is -0.494 e. The highest BCUT2D eigenvalue weighted by Gasteiger charge is 2.50. The van der Waals surface area contributed by atoms with Gasteiger partial charge in [0.15, 0.2) is 0 Å². The minimum absolute atomic E-state index is 0.0291. The number of ether oxygens (including phenoxy) is 2. The molecule has 3 rings (SSSR count). The van der Waals surface area contributed by atoms with Gasteiger partial charge in [0.25, 0.3) is 0 Å². The lowest BCUT2D eigenvalue weighted by Crippen LogP contribution is -2.45. The molecule has 1 unspecified atom stereocenters. The number of hydrogen-bond donors (Lipinski definition) is 0. The second kappa shape index (κ2) is 8.30. The number of esters is 1. The van der Waals surface area contributed by atoms with Gasteiger partial charge in [-0.3, -0.25) is 9.59 Å². The van der Waals surface area contributed by atoms with Gasteiger partial charge in [-0.1, -0.05) is 12.1 Å². The van der Waals surface area contributed by atoms with Gasteiger partial charge in [0.2, 0.25) is 5.91 Å². The van der Waals surface area contributed by atoms with Gasteiger partial charge in [-0.2, -0.15) is 0 Å². The van der Waals surface area contributed by atoms with E-state index in [2.05, 4.69) is 0 Å². The summed E-state index contributed by atoms with van der Waals surface area (Å²) in [5.41, 5.74) is 0.589. The number of piperidine rings is 1. The SMILES string of the molecule is CCOc1ccc(CC(=O)N2CCC3(CC2)CC(CN(C)C)OC3=O)cc1. The second-order valence-corrected chi connectivity index (χ2v) is 7.91. The molecule has 2 saturated heterocycles. The molecule has 0 saturated carbocycles. The molecule has 1 aromatic rings. The zero-order chi connectivity index (χ0) is 19.4. The molecule has 2 heterocycles. The fourth-order valence-electron chi connectivity index (χ4n) is 4.10. The van der Waals surface area contributed by atoms with Crippen LogP contribution in [0.5, 0.6) is 5.75 Å². The number of carbonyl (C=O) groups is 2. The summed E-state index contributed by atoms with van der Waals surface area (Å²) in [6.45, 7) is 4.59. The Hall–Kier alpha value is -2.08. The molecule has 1 amide bonds. The standard InChI is InChI=1S/C21H30N2O4/c1-4-26-17-7-5-16(6-8-17)13-19(24)23-11-9-21(10-12-23)14-18(15-22(2)3)27-20(21)25/h5-8,18H,4,9-15H2,1-3H3. The molecule has 1 spiro atoms. The maximum Gasteiger partial charge on any atom is 0.312 e. The Labute approximate surface area is 161 Å². The normalized spacial score (nSPS) is 21.6. The van der Waals surface area contributed by atoms with Gasteiger partial charge in [-0.05, 0) is 51.6 Å². The lowest BCUT2D eigenvalue weighted by Gasteiger charge is -2.36. The number of cyclic esters (lactones) is 1. The van der Waals surface area contributed by atoms with Crippen molar-refractivity contribution in [3.05, 3.63) is 29.8 Å². The molecule has 2 fully saturated rings. The summed E-state index contributed by atoms with van der Waals surface area (Å²) in [5, 5.41) is 0. The van der Waals surface area contributed by atoms with Crippen molar-refractivity contribution in [1.29, 1.82) is 0 Å². The van der Waals surface area contributed by atoms with E-state index in [4.69, 9.17) is 9.47 Å². The molecule has 0 radical (unpaired) electrons. The van der Waals surface area contributed by atoms with Crippen molar-refractivity contribution in [2.45, 2.75) is 38.7 Å². The Bertz CT molecular complexity index is 663. The molecule has 2 aliphatic rings. The van der Waals surface area contributed by atoms with Gasteiger partial charge in [0, 0.05) is 26.1 Å². The summed E-state index contributed by atoms with van der Waals surface area (Å²) in [6, 6.07) is 7.68. The van der Waals surface area contributed by atoms with Gasteiger partial charge in [0.05, 0.1) is 18.4 Å². The van der Waals surface area contributed by atoms with E-state index in [1.807, 2.05) is 55.1 Å². The van der Waals surface area contributed by atoms with Crippen molar-refractivity contribution in [2.24, 2.45) is 5.41 Å². The highest BCUT2D eigenvalue weighted by atomic mass is 16.6. The zero-order valence-electron chi connectivity index (χ0n) is 16.6. The third-order valence-corrected chi connectivity index (χ3v) is 5.56. The molecule has 1 atom stereocenters. The maximum atomic E-state index is 12.6. The lowest BCUT2D eigenvalue weighted by atomic mass is 9.76. The molecule has 0 N–H and O–H groups in total. The predicted octanol–water partition coefficient (Wildman–Crippen LogP) is 2.11. The average Bonchev–Trinajstić information content (AvgIpc) is 2.91. The summed E-state index contributed by atoms with van der Waals surface area (Å²) in [5.74, 6) is 0.860. The fraction of sp³-hybridized carbons (Fsp3) is 0.619. The number of likely N-dealkylation sites (tertiary alicyclic amines) is 1. The van der Waals surface area contributed by atoms with Crippen LogP contribution >= 0.6 is 0 Å². The third kappa shape index (κ3) is 4.61. The molecule has 148 valence electrons. The Morgan fingerprint density at radius 1 is 1.26 bits per heavy atom. The van der Waals surface area contributed by atoms with Crippen molar-refractivity contribution in [2.75, 3.05) is 40.3 Å². The number of carbonyl (C=O) groups excluding carboxylic acids is 2. The van der Waals surface area contributed by atoms with E-state index in [9.17, 15) is 9.59 Å². The van der Waals surface area contributed by atoms with Gasteiger partial charge in [0.1, 0.15) is 11.9 Å². The number of likely N-dealkylation sites (N-methyl/N-ethyl adjacent to an activating group) is 1. The van der Waals surface area contributed by atoms with Crippen LogP contribution < -0.4 is 4.74 Å². The first-order chi connectivity index (χ1) is 12.9. The third-order valence-electron chi connectivity index (χ3n) is 5.56. The van der Waals surface area contributed by atoms with E-state index in [1.54, 1.807) is 0 Å². The summed E-state index contributed by atoms with van der Waals surface area (Å²) in [6.07, 6.45) is 2.52. The topological polar surface area (TPSA) is 59.1 Å². The van der Waals surface area contributed by atoms with E-state index in [0.717, 1.165) is 24.3 Å². The predicted molar refractivity (Wildman–Crippen MR) is 103 cm³/mol. The Morgan fingerprint density at radius 3 is 2.52 bits per heavy atom. The van der Waals surface area contributed by atoms with Crippen molar-refractivity contribution < 1.29 is 19.1 Å². The Morgan fingerprint density at radius 2 is 1.93 bits per heavy atom. The number of hydrogen-bond acceptors (Lipinski definition) is 5. The number of amides is 1. The summed E-state index contributed by atoms with van der Waals surface area (Å²) >= 11 is 0. The Balaban J connectivity index is 1.52. The quantitative estimate of drug-likeness (QED) is 0.714. The van der Waals surface area contributed by atoms with Crippen LogP contribution in [0.15, 0.2) is 24.3 Å². The van der Waals surface area contributed by atoms with Crippen LogP contribution in [0, 0.1) is 5.41 Å². The van der Waals surface area contributed by atoms with Crippen molar-refractivity contribution in [1.82, 2.24) is 9.80 Å². The summed E-state index contributed by atoms with van der Waals surface area (Å²) < 4.78 is 11.0. The average molecular weight is 374 g/mol. The first kappa shape index (κ1) is 19.7. The van der Waals surface area contributed by atoms with Gasteiger partial charge in [-0.25, -0.2) is 0 Å². The maximum absolute atomic E-state index is 12.6. The molecule has 1 aromatic carbocycles. The van der Waals surface area contributed by atoms with Crippen LogP contribution in [-0.4, -0.2) is 68.1 Å². The molecule has 6 nitrogen and oxygen atoms in total. The van der Waals surface area contributed by atoms with Crippen LogP contribution in [0.1, 0.15) is 31.7 Å². The molecular formula is C21H30N2O4. The van der Waals surface area contributed by atoms with E-state index in [-0.39, 0.29) is 18.0 Å². The largest absolute Gasteiger partial charge is 0.494 e. The molecule has 0 aromatic heterocycles. The first-order valence-electron chi connectivity index (χ1n) is 9.77. The van der Waals surface area contributed by atoms with Crippen molar-refractivity contribution >= 4 is 11.9 Å². The summed E-state index contributed by atoms with van der Waals surface area (Å²) in [7, 11) is 3.97. The van der Waals surface area contributed by atoms with Crippen LogP contribution in [0.25, 0.3) is 0 Å². The molecular weight excluding hydrogens is 344 g/mol.